The van der Waals surface area contributed by atoms with E-state index in [-0.39, 0.29) is 5.97 Å². The number of carbonyl (C=O) groups is 1. The van der Waals surface area contributed by atoms with Gasteiger partial charge in [-0.15, -0.1) is 11.8 Å². The molecule has 4 nitrogen and oxygen atoms in total. The molecule has 0 amide bonds. The van der Waals surface area contributed by atoms with Crippen molar-refractivity contribution in [2.75, 3.05) is 20.0 Å². The van der Waals surface area contributed by atoms with Crippen molar-refractivity contribution in [3.63, 3.8) is 0 Å². The molecule has 0 aliphatic rings. The van der Waals surface area contributed by atoms with Crippen LogP contribution in [-0.2, 0) is 9.53 Å². The second kappa shape index (κ2) is 7.14. The maximum atomic E-state index is 11.1. The Bertz CT molecular complexity index is 601. The first-order valence-electron chi connectivity index (χ1n) is 6.37. The van der Waals surface area contributed by atoms with Gasteiger partial charge in [-0.2, -0.15) is 0 Å². The van der Waals surface area contributed by atoms with Crippen molar-refractivity contribution in [3.8, 4) is 5.75 Å². The van der Waals surface area contributed by atoms with Crippen LogP contribution in [0.5, 0.6) is 5.75 Å². The lowest BCUT2D eigenvalue weighted by Crippen LogP contribution is -2.00. The second-order valence-corrected chi connectivity index (χ2v) is 5.36. The molecule has 20 heavy (non-hydrogen) atoms. The fraction of sp³-hybridized carbons (Fsp3) is 0.333. The van der Waals surface area contributed by atoms with E-state index in [1.165, 1.54) is 7.11 Å². The summed E-state index contributed by atoms with van der Waals surface area (Å²) in [7, 11) is 3.05. The first-order valence-corrected chi connectivity index (χ1v) is 7.35. The predicted molar refractivity (Wildman–Crippen MR) is 80.3 cm³/mol. The minimum atomic E-state index is -0.160. The van der Waals surface area contributed by atoms with Crippen molar-refractivity contribution >= 4 is 28.6 Å². The number of rotatable bonds is 6. The van der Waals surface area contributed by atoms with Crippen LogP contribution in [0, 0.1) is 0 Å². The molecule has 0 atom stereocenters. The van der Waals surface area contributed by atoms with Crippen LogP contribution in [0.25, 0.3) is 10.9 Å². The monoisotopic (exact) mass is 291 g/mol. The molecule has 1 aromatic heterocycles. The zero-order valence-corrected chi connectivity index (χ0v) is 12.4. The highest BCUT2D eigenvalue weighted by Gasteiger charge is 2.05. The average molecular weight is 291 g/mol. The van der Waals surface area contributed by atoms with Gasteiger partial charge in [0.2, 0.25) is 0 Å². The molecule has 0 saturated heterocycles. The Morgan fingerprint density at radius 1 is 1.35 bits per heavy atom. The number of carbonyl (C=O) groups excluding carboxylic acids is 1. The smallest absolute Gasteiger partial charge is 0.305 e. The number of pyridine rings is 1. The van der Waals surface area contributed by atoms with Crippen LogP contribution in [0.3, 0.4) is 0 Å². The van der Waals surface area contributed by atoms with E-state index >= 15 is 0 Å². The highest BCUT2D eigenvalue weighted by Crippen LogP contribution is 2.29. The van der Waals surface area contributed by atoms with Gasteiger partial charge >= 0.3 is 5.97 Å². The Balaban J connectivity index is 2.07. The summed E-state index contributed by atoms with van der Waals surface area (Å²) >= 11 is 1.72. The van der Waals surface area contributed by atoms with Crippen LogP contribution in [0.1, 0.15) is 12.8 Å². The van der Waals surface area contributed by atoms with Crippen LogP contribution in [0.4, 0.5) is 0 Å². The molecule has 0 spiro atoms. The normalized spacial score (nSPS) is 10.5. The van der Waals surface area contributed by atoms with Gasteiger partial charge in [-0.1, -0.05) is 6.07 Å². The number of fused-ring (bicyclic) bond motifs is 1. The highest BCUT2D eigenvalue weighted by atomic mass is 32.2. The summed E-state index contributed by atoms with van der Waals surface area (Å²) in [5.41, 5.74) is 0.948. The summed E-state index contributed by atoms with van der Waals surface area (Å²) in [6.07, 6.45) is 2.97. The first-order chi connectivity index (χ1) is 9.74. The van der Waals surface area contributed by atoms with Gasteiger partial charge in [0.05, 0.1) is 25.9 Å². The Morgan fingerprint density at radius 2 is 2.20 bits per heavy atom. The molecule has 0 saturated carbocycles. The quantitative estimate of drug-likeness (QED) is 0.464. The minimum Gasteiger partial charge on any atom is -0.495 e. The SMILES string of the molecule is COC(=O)CCCSc1cccc2ncc(OC)cc12. The summed E-state index contributed by atoms with van der Waals surface area (Å²) in [6.45, 7) is 0. The van der Waals surface area contributed by atoms with E-state index < -0.39 is 0 Å². The van der Waals surface area contributed by atoms with Crippen molar-refractivity contribution < 1.29 is 14.3 Å². The molecule has 0 radical (unpaired) electrons. The lowest BCUT2D eigenvalue weighted by molar-refractivity contribution is -0.140. The lowest BCUT2D eigenvalue weighted by Gasteiger charge is -2.07. The summed E-state index contributed by atoms with van der Waals surface area (Å²) in [4.78, 5) is 16.6. The van der Waals surface area contributed by atoms with Gasteiger partial charge in [-0.3, -0.25) is 9.78 Å². The molecule has 2 rings (SSSR count). The van der Waals surface area contributed by atoms with Crippen molar-refractivity contribution in [1.82, 2.24) is 4.98 Å². The van der Waals surface area contributed by atoms with Crippen LogP contribution >= 0.6 is 11.8 Å². The fourth-order valence-electron chi connectivity index (χ4n) is 1.84. The maximum absolute atomic E-state index is 11.1. The number of esters is 1. The van der Waals surface area contributed by atoms with Crippen molar-refractivity contribution in [2.24, 2.45) is 0 Å². The largest absolute Gasteiger partial charge is 0.495 e. The van der Waals surface area contributed by atoms with Gasteiger partial charge < -0.3 is 9.47 Å². The van der Waals surface area contributed by atoms with Gasteiger partial charge in [0, 0.05) is 16.7 Å². The summed E-state index contributed by atoms with van der Waals surface area (Å²) in [5, 5.41) is 1.08. The third kappa shape index (κ3) is 3.63. The van der Waals surface area contributed by atoms with Gasteiger partial charge in [-0.25, -0.2) is 0 Å². The summed E-state index contributed by atoms with van der Waals surface area (Å²) in [5.74, 6) is 1.46. The van der Waals surface area contributed by atoms with Crippen LogP contribution in [-0.4, -0.2) is 30.9 Å². The number of thioether (sulfide) groups is 1. The summed E-state index contributed by atoms with van der Waals surface area (Å²) < 4.78 is 9.84. The lowest BCUT2D eigenvalue weighted by atomic mass is 10.2. The van der Waals surface area contributed by atoms with E-state index in [4.69, 9.17) is 4.74 Å². The van der Waals surface area contributed by atoms with E-state index in [1.54, 1.807) is 25.1 Å². The number of hydrogen-bond acceptors (Lipinski definition) is 5. The zero-order valence-electron chi connectivity index (χ0n) is 11.6. The molecule has 0 N–H and O–H groups in total. The van der Waals surface area contributed by atoms with E-state index in [0.717, 1.165) is 33.7 Å². The molecular weight excluding hydrogens is 274 g/mol. The zero-order chi connectivity index (χ0) is 14.4. The Labute approximate surface area is 122 Å². The first kappa shape index (κ1) is 14.7. The number of ether oxygens (including phenoxy) is 2. The van der Waals surface area contributed by atoms with Gasteiger partial charge in [0.15, 0.2) is 0 Å². The molecule has 106 valence electrons. The summed E-state index contributed by atoms with van der Waals surface area (Å²) in [6, 6.07) is 8.02. The Kier molecular flexibility index (Phi) is 5.24. The van der Waals surface area contributed by atoms with E-state index in [0.29, 0.717) is 6.42 Å². The molecular formula is C15H17NO3S. The molecule has 0 unspecified atom stereocenters. The predicted octanol–water partition coefficient (Wildman–Crippen LogP) is 3.29. The molecule has 0 fully saturated rings. The minimum absolute atomic E-state index is 0.160. The van der Waals surface area contributed by atoms with Crippen molar-refractivity contribution in [2.45, 2.75) is 17.7 Å². The number of aromatic nitrogens is 1. The third-order valence-electron chi connectivity index (χ3n) is 2.91. The van der Waals surface area contributed by atoms with E-state index in [1.807, 2.05) is 18.2 Å². The van der Waals surface area contributed by atoms with E-state index in [2.05, 4.69) is 15.8 Å². The Morgan fingerprint density at radius 3 is 2.95 bits per heavy atom. The molecule has 0 aliphatic heterocycles. The average Bonchev–Trinajstić information content (AvgIpc) is 2.50. The molecule has 0 aliphatic carbocycles. The molecule has 1 aromatic carbocycles. The number of methoxy groups -OCH3 is 2. The van der Waals surface area contributed by atoms with Crippen LogP contribution in [0.2, 0.25) is 0 Å². The van der Waals surface area contributed by atoms with Crippen molar-refractivity contribution in [3.05, 3.63) is 30.5 Å². The third-order valence-corrected chi connectivity index (χ3v) is 4.07. The number of nitrogens with zero attached hydrogens (tertiary/aromatic N) is 1. The van der Waals surface area contributed by atoms with Gasteiger partial charge in [0.1, 0.15) is 5.75 Å². The van der Waals surface area contributed by atoms with Crippen molar-refractivity contribution in [1.29, 1.82) is 0 Å². The second-order valence-electron chi connectivity index (χ2n) is 4.23. The molecule has 0 bridgehead atoms. The molecule has 5 heteroatoms. The highest BCUT2D eigenvalue weighted by molar-refractivity contribution is 7.99. The number of hydrogen-bond donors (Lipinski definition) is 0. The molecule has 1 heterocycles. The molecule has 2 aromatic rings. The van der Waals surface area contributed by atoms with E-state index in [9.17, 15) is 4.79 Å². The standard InChI is InChI=1S/C15H17NO3S/c1-18-11-9-12-13(16-10-11)5-3-6-14(12)20-8-4-7-15(17)19-2/h3,5-6,9-10H,4,7-8H2,1-2H3. The fourth-order valence-corrected chi connectivity index (χ4v) is 2.84. The van der Waals surface area contributed by atoms with Crippen LogP contribution in [0.15, 0.2) is 35.4 Å². The topological polar surface area (TPSA) is 48.4 Å². The Hall–Kier alpha value is -1.75. The maximum Gasteiger partial charge on any atom is 0.305 e. The van der Waals surface area contributed by atoms with Crippen LogP contribution < -0.4 is 4.74 Å². The van der Waals surface area contributed by atoms with Gasteiger partial charge in [-0.05, 0) is 30.4 Å². The van der Waals surface area contributed by atoms with Gasteiger partial charge in [0.25, 0.3) is 0 Å². The number of benzene rings is 1.